The monoisotopic (exact) mass is 335 g/mol. The van der Waals surface area contributed by atoms with Gasteiger partial charge in [-0.25, -0.2) is 0 Å². The normalized spacial score (nSPS) is 16.4. The lowest BCUT2D eigenvalue weighted by atomic mass is 9.99. The zero-order chi connectivity index (χ0) is 17.4. The molecule has 2 heterocycles. The van der Waals surface area contributed by atoms with Crippen LogP contribution in [0.25, 0.3) is 0 Å². The first-order valence-electron chi connectivity index (χ1n) is 8.71. The summed E-state index contributed by atoms with van der Waals surface area (Å²) in [7, 11) is 0. The third-order valence-corrected chi connectivity index (χ3v) is 5.07. The van der Waals surface area contributed by atoms with E-state index in [1.807, 2.05) is 42.5 Å². The summed E-state index contributed by atoms with van der Waals surface area (Å²) in [5.41, 5.74) is 10.7. The highest BCUT2D eigenvalue weighted by atomic mass is 16.2. The molecular formula is C20H21N3O2. The number of rotatable bonds is 2. The summed E-state index contributed by atoms with van der Waals surface area (Å²) >= 11 is 0. The number of nitrogens with two attached hydrogens (primary N) is 1. The molecule has 0 radical (unpaired) electrons. The molecule has 2 aliphatic rings. The molecule has 0 atom stereocenters. The molecule has 25 heavy (non-hydrogen) atoms. The summed E-state index contributed by atoms with van der Waals surface area (Å²) in [6.07, 6.45) is 2.96. The Bertz CT molecular complexity index is 847. The van der Waals surface area contributed by atoms with Gasteiger partial charge in [-0.15, -0.1) is 0 Å². The average molecular weight is 335 g/mol. The smallest absolute Gasteiger partial charge is 0.247 e. The quantitative estimate of drug-likeness (QED) is 0.858. The van der Waals surface area contributed by atoms with Crippen LogP contribution in [0.15, 0.2) is 42.5 Å². The number of fused-ring (bicyclic) bond motifs is 2. The van der Waals surface area contributed by atoms with Crippen LogP contribution in [0.1, 0.15) is 24.0 Å². The van der Waals surface area contributed by atoms with E-state index in [9.17, 15) is 9.59 Å². The third-order valence-electron chi connectivity index (χ3n) is 5.07. The predicted octanol–water partition coefficient (Wildman–Crippen LogP) is 2.53. The largest absolute Gasteiger partial charge is 0.398 e. The Morgan fingerprint density at radius 2 is 1.80 bits per heavy atom. The average Bonchev–Trinajstić information content (AvgIpc) is 2.64. The summed E-state index contributed by atoms with van der Waals surface area (Å²) in [6, 6.07) is 13.5. The van der Waals surface area contributed by atoms with E-state index in [1.54, 1.807) is 9.80 Å². The molecule has 0 spiro atoms. The highest BCUT2D eigenvalue weighted by Gasteiger charge is 2.29. The second-order valence-electron chi connectivity index (χ2n) is 6.60. The fraction of sp³-hybridized carbons (Fsp3) is 0.300. The van der Waals surface area contributed by atoms with E-state index >= 15 is 0 Å². The standard InChI is InChI=1S/C20H21N3O2/c21-16-7-3-9-18-15(16)6-4-12-22(18)20(25)13-23-17-8-2-1-5-14(17)10-11-19(23)24/h1-3,5,7-9H,4,6,10-13,21H2. The maximum Gasteiger partial charge on any atom is 0.247 e. The molecule has 0 bridgehead atoms. The number of hydrogen-bond acceptors (Lipinski definition) is 3. The molecule has 0 aromatic heterocycles. The first-order chi connectivity index (χ1) is 12.1. The van der Waals surface area contributed by atoms with Gasteiger partial charge in [0.25, 0.3) is 0 Å². The van der Waals surface area contributed by atoms with Crippen molar-refractivity contribution >= 4 is 28.9 Å². The molecule has 0 unspecified atom stereocenters. The fourth-order valence-electron chi connectivity index (χ4n) is 3.80. The maximum atomic E-state index is 13.0. The summed E-state index contributed by atoms with van der Waals surface area (Å²) in [5.74, 6) is -0.0477. The Kier molecular flexibility index (Phi) is 3.92. The summed E-state index contributed by atoms with van der Waals surface area (Å²) in [6.45, 7) is 0.739. The Labute approximate surface area is 147 Å². The molecule has 2 aromatic rings. The van der Waals surface area contributed by atoms with Gasteiger partial charge in [-0.05, 0) is 48.6 Å². The molecule has 0 saturated carbocycles. The minimum Gasteiger partial charge on any atom is -0.398 e. The van der Waals surface area contributed by atoms with Crippen molar-refractivity contribution in [3.63, 3.8) is 0 Å². The highest BCUT2D eigenvalue weighted by Crippen LogP contribution is 2.32. The molecule has 2 N–H and O–H groups in total. The Balaban J connectivity index is 1.62. The molecule has 5 nitrogen and oxygen atoms in total. The molecule has 4 rings (SSSR count). The zero-order valence-corrected chi connectivity index (χ0v) is 14.1. The maximum absolute atomic E-state index is 13.0. The van der Waals surface area contributed by atoms with Gasteiger partial charge in [-0.1, -0.05) is 24.3 Å². The number of benzene rings is 2. The number of nitrogens with zero attached hydrogens (tertiary/aromatic N) is 2. The number of para-hydroxylation sites is 1. The Hall–Kier alpha value is -2.82. The first kappa shape index (κ1) is 15.7. The van der Waals surface area contributed by atoms with E-state index < -0.39 is 0 Å². The molecule has 2 aromatic carbocycles. The Morgan fingerprint density at radius 1 is 1.00 bits per heavy atom. The lowest BCUT2D eigenvalue weighted by Crippen LogP contribution is -2.46. The van der Waals surface area contributed by atoms with Gasteiger partial charge in [0.2, 0.25) is 11.8 Å². The van der Waals surface area contributed by atoms with Crippen molar-refractivity contribution in [2.75, 3.05) is 28.6 Å². The van der Waals surface area contributed by atoms with E-state index in [0.717, 1.165) is 47.5 Å². The van der Waals surface area contributed by atoms with E-state index in [4.69, 9.17) is 5.73 Å². The Morgan fingerprint density at radius 3 is 2.68 bits per heavy atom. The van der Waals surface area contributed by atoms with E-state index in [2.05, 4.69) is 0 Å². The fourth-order valence-corrected chi connectivity index (χ4v) is 3.80. The van der Waals surface area contributed by atoms with Crippen molar-refractivity contribution in [1.29, 1.82) is 0 Å². The predicted molar refractivity (Wildman–Crippen MR) is 98.6 cm³/mol. The van der Waals surface area contributed by atoms with E-state index in [0.29, 0.717) is 13.0 Å². The first-order valence-corrected chi connectivity index (χ1v) is 8.71. The molecule has 128 valence electrons. The second kappa shape index (κ2) is 6.24. The molecule has 5 heteroatoms. The van der Waals surface area contributed by atoms with Crippen LogP contribution in [-0.4, -0.2) is 24.9 Å². The summed E-state index contributed by atoms with van der Waals surface area (Å²) in [5, 5.41) is 0. The molecular weight excluding hydrogens is 314 g/mol. The van der Waals surface area contributed by atoms with Gasteiger partial charge in [-0.3, -0.25) is 9.59 Å². The van der Waals surface area contributed by atoms with Gasteiger partial charge in [0, 0.05) is 30.0 Å². The minimum absolute atomic E-state index is 0.0110. The van der Waals surface area contributed by atoms with Crippen molar-refractivity contribution in [3.05, 3.63) is 53.6 Å². The number of carbonyl (C=O) groups is 2. The SMILES string of the molecule is Nc1cccc2c1CCCN2C(=O)CN1C(=O)CCc2ccccc21. The highest BCUT2D eigenvalue weighted by molar-refractivity contribution is 6.05. The zero-order valence-electron chi connectivity index (χ0n) is 14.1. The number of carbonyl (C=O) groups excluding carboxylic acids is 2. The van der Waals surface area contributed by atoms with Crippen LogP contribution in [0.5, 0.6) is 0 Å². The van der Waals surface area contributed by atoms with Crippen LogP contribution in [0.2, 0.25) is 0 Å². The van der Waals surface area contributed by atoms with Gasteiger partial charge in [0.1, 0.15) is 6.54 Å². The van der Waals surface area contributed by atoms with Gasteiger partial charge >= 0.3 is 0 Å². The molecule has 0 aliphatic carbocycles. The van der Waals surface area contributed by atoms with E-state index in [1.165, 1.54) is 0 Å². The number of amides is 2. The summed E-state index contributed by atoms with van der Waals surface area (Å²) in [4.78, 5) is 28.8. The van der Waals surface area contributed by atoms with Crippen LogP contribution < -0.4 is 15.5 Å². The molecule has 0 fully saturated rings. The number of anilines is 3. The van der Waals surface area contributed by atoms with Crippen LogP contribution >= 0.6 is 0 Å². The van der Waals surface area contributed by atoms with Gasteiger partial charge in [-0.2, -0.15) is 0 Å². The molecule has 0 saturated heterocycles. The molecule has 2 aliphatic heterocycles. The van der Waals surface area contributed by atoms with Crippen LogP contribution in [0.3, 0.4) is 0 Å². The van der Waals surface area contributed by atoms with Crippen molar-refractivity contribution in [3.8, 4) is 0 Å². The van der Waals surface area contributed by atoms with Crippen molar-refractivity contribution in [2.24, 2.45) is 0 Å². The van der Waals surface area contributed by atoms with Gasteiger partial charge < -0.3 is 15.5 Å². The van der Waals surface area contributed by atoms with Gasteiger partial charge in [0.05, 0.1) is 0 Å². The van der Waals surface area contributed by atoms with Crippen molar-refractivity contribution < 1.29 is 9.59 Å². The number of aryl methyl sites for hydroxylation is 1. The van der Waals surface area contributed by atoms with Crippen molar-refractivity contribution in [1.82, 2.24) is 0 Å². The van der Waals surface area contributed by atoms with Crippen LogP contribution in [0, 0.1) is 0 Å². The van der Waals surface area contributed by atoms with Gasteiger partial charge in [0.15, 0.2) is 0 Å². The third kappa shape index (κ3) is 2.76. The lowest BCUT2D eigenvalue weighted by molar-refractivity contribution is -0.122. The summed E-state index contributed by atoms with van der Waals surface area (Å²) < 4.78 is 0. The van der Waals surface area contributed by atoms with E-state index in [-0.39, 0.29) is 18.4 Å². The lowest BCUT2D eigenvalue weighted by Gasteiger charge is -2.34. The second-order valence-corrected chi connectivity index (χ2v) is 6.60. The van der Waals surface area contributed by atoms with Crippen molar-refractivity contribution in [2.45, 2.75) is 25.7 Å². The topological polar surface area (TPSA) is 66.6 Å². The van der Waals surface area contributed by atoms with Crippen LogP contribution in [-0.2, 0) is 22.4 Å². The number of nitrogen functional groups attached to an aromatic ring is 1. The van der Waals surface area contributed by atoms with Crippen LogP contribution in [0.4, 0.5) is 17.1 Å². The minimum atomic E-state index is -0.0587. The molecule has 2 amide bonds. The number of hydrogen-bond donors (Lipinski definition) is 1.